The molecule has 11 heteroatoms. The van der Waals surface area contributed by atoms with Gasteiger partial charge in [0.05, 0.1) is 19.3 Å². The fraction of sp³-hybridized carbons (Fsp3) is 0.440. The van der Waals surface area contributed by atoms with Crippen LogP contribution < -0.4 is 10.3 Å². The lowest BCUT2D eigenvalue weighted by Gasteiger charge is -2.43. The predicted molar refractivity (Wildman–Crippen MR) is 124 cm³/mol. The first-order valence-electron chi connectivity index (χ1n) is 11.7. The number of hydrogen-bond acceptors (Lipinski definition) is 9. The summed E-state index contributed by atoms with van der Waals surface area (Å²) in [6.07, 6.45) is 2.18. The molecule has 1 fully saturated rings. The summed E-state index contributed by atoms with van der Waals surface area (Å²) in [5.41, 5.74) is -2.14. The van der Waals surface area contributed by atoms with E-state index in [2.05, 4.69) is 9.72 Å². The first kappa shape index (κ1) is 25.1. The normalized spacial score (nSPS) is 20.0. The molecule has 190 valence electrons. The quantitative estimate of drug-likeness (QED) is 0.447. The molecule has 1 aromatic carbocycles. The minimum absolute atomic E-state index is 0.00104. The molecule has 1 saturated carbocycles. The van der Waals surface area contributed by atoms with E-state index in [4.69, 9.17) is 9.47 Å². The van der Waals surface area contributed by atoms with Crippen LogP contribution in [0, 0.1) is 5.92 Å². The zero-order valence-electron chi connectivity index (χ0n) is 20.3. The van der Waals surface area contributed by atoms with Crippen LogP contribution in [0.3, 0.4) is 0 Å². The predicted octanol–water partition coefficient (Wildman–Crippen LogP) is 1.67. The summed E-state index contributed by atoms with van der Waals surface area (Å²) in [7, 11) is 2.56. The van der Waals surface area contributed by atoms with Gasteiger partial charge in [0.25, 0.3) is 5.56 Å². The van der Waals surface area contributed by atoms with Gasteiger partial charge >= 0.3 is 23.8 Å². The van der Waals surface area contributed by atoms with E-state index < -0.39 is 46.4 Å². The second-order valence-corrected chi connectivity index (χ2v) is 8.84. The molecule has 0 unspecified atom stereocenters. The SMILES string of the molecule is CCOC(=O)c1nc2n(c(=O)c1OC(=O)c1ccccc1)CC1CCC2(N(C)C(=O)C(=O)OC)CC1. The second kappa shape index (κ2) is 9.92. The fourth-order valence-electron chi connectivity index (χ4n) is 4.94. The van der Waals surface area contributed by atoms with Crippen molar-refractivity contribution in [2.75, 3.05) is 20.8 Å². The molecule has 2 aliphatic heterocycles. The average molecular weight is 498 g/mol. The number of amides is 1. The highest BCUT2D eigenvalue weighted by Crippen LogP contribution is 2.46. The molecular formula is C25H27N3O8. The van der Waals surface area contributed by atoms with Crippen LogP contribution in [0.4, 0.5) is 0 Å². The fourth-order valence-corrected chi connectivity index (χ4v) is 4.94. The summed E-state index contributed by atoms with van der Waals surface area (Å²) >= 11 is 0. The van der Waals surface area contributed by atoms with Gasteiger partial charge in [0, 0.05) is 13.6 Å². The highest BCUT2D eigenvalue weighted by Gasteiger charge is 2.50. The summed E-state index contributed by atoms with van der Waals surface area (Å²) in [4.78, 5) is 70.1. The van der Waals surface area contributed by atoms with Gasteiger partial charge in [-0.05, 0) is 50.7 Å². The van der Waals surface area contributed by atoms with Crippen molar-refractivity contribution >= 4 is 23.8 Å². The molecule has 11 nitrogen and oxygen atoms in total. The molecule has 0 spiro atoms. The van der Waals surface area contributed by atoms with Crippen molar-refractivity contribution in [2.45, 2.75) is 44.7 Å². The summed E-state index contributed by atoms with van der Waals surface area (Å²) in [5, 5.41) is 0. The molecule has 2 bridgehead atoms. The molecule has 0 N–H and O–H groups in total. The number of benzene rings is 1. The Hall–Kier alpha value is -4.02. The smallest absolute Gasteiger partial charge is 0.396 e. The van der Waals surface area contributed by atoms with Gasteiger partial charge in [-0.1, -0.05) is 18.2 Å². The number of carbonyl (C=O) groups excluding carboxylic acids is 4. The minimum Gasteiger partial charge on any atom is -0.462 e. The Kier molecular flexibility index (Phi) is 6.91. The van der Waals surface area contributed by atoms with Crippen LogP contribution in [-0.4, -0.2) is 59.0 Å². The number of esters is 3. The molecule has 1 aliphatic carbocycles. The third-order valence-electron chi connectivity index (χ3n) is 6.90. The Morgan fingerprint density at radius 2 is 1.78 bits per heavy atom. The number of methoxy groups -OCH3 is 1. The van der Waals surface area contributed by atoms with Crippen LogP contribution in [0.5, 0.6) is 5.75 Å². The van der Waals surface area contributed by atoms with Crippen LogP contribution in [0.15, 0.2) is 35.1 Å². The maximum Gasteiger partial charge on any atom is 0.396 e. The van der Waals surface area contributed by atoms with Crippen molar-refractivity contribution in [3.05, 3.63) is 57.8 Å². The van der Waals surface area contributed by atoms with Crippen LogP contribution in [0.1, 0.15) is 59.3 Å². The van der Waals surface area contributed by atoms with E-state index >= 15 is 0 Å². The highest BCUT2D eigenvalue weighted by atomic mass is 16.6. The first-order valence-corrected chi connectivity index (χ1v) is 11.7. The Labute approximate surface area is 207 Å². The summed E-state index contributed by atoms with van der Waals surface area (Å²) in [6, 6.07) is 8.04. The minimum atomic E-state index is -1.14. The van der Waals surface area contributed by atoms with Gasteiger partial charge in [-0.15, -0.1) is 0 Å². The largest absolute Gasteiger partial charge is 0.462 e. The van der Waals surface area contributed by atoms with Gasteiger partial charge in [0.1, 0.15) is 11.4 Å². The molecule has 36 heavy (non-hydrogen) atoms. The molecule has 1 amide bonds. The topological polar surface area (TPSA) is 134 Å². The average Bonchev–Trinajstić information content (AvgIpc) is 3.16. The molecule has 1 aromatic heterocycles. The Balaban J connectivity index is 1.90. The third-order valence-corrected chi connectivity index (χ3v) is 6.90. The van der Waals surface area contributed by atoms with E-state index in [9.17, 15) is 24.0 Å². The standard InChI is InChI=1S/C25H27N3O8/c1-4-35-22(32)17-18(36-21(31)16-8-6-5-7-9-16)19(29)28-14-15-10-12-25(13-11-15,24(28)26-17)27(2)20(30)23(33)34-3/h5-9,15H,4,10-14H2,1-3H3. The number of fused-ring (bicyclic) bond motifs is 2. The lowest BCUT2D eigenvalue weighted by Crippen LogP contribution is -2.52. The number of aromatic nitrogens is 2. The van der Waals surface area contributed by atoms with Crippen LogP contribution in [0.2, 0.25) is 0 Å². The van der Waals surface area contributed by atoms with Crippen LogP contribution in [-0.2, 0) is 31.1 Å². The van der Waals surface area contributed by atoms with Gasteiger partial charge in [-0.2, -0.15) is 0 Å². The van der Waals surface area contributed by atoms with Crippen molar-refractivity contribution in [1.82, 2.24) is 14.5 Å². The highest BCUT2D eigenvalue weighted by molar-refractivity contribution is 6.32. The molecule has 3 aliphatic rings. The zero-order valence-corrected chi connectivity index (χ0v) is 20.3. The molecule has 0 saturated heterocycles. The number of carbonyl (C=O) groups is 4. The van der Waals surface area contributed by atoms with Crippen LogP contribution in [0.25, 0.3) is 0 Å². The number of hydrogen-bond donors (Lipinski definition) is 0. The van der Waals surface area contributed by atoms with E-state index in [1.807, 2.05) is 0 Å². The molecule has 0 radical (unpaired) electrons. The Morgan fingerprint density at radius 1 is 1.11 bits per heavy atom. The number of nitrogens with zero attached hydrogens (tertiary/aromatic N) is 3. The number of ether oxygens (including phenoxy) is 3. The monoisotopic (exact) mass is 497 g/mol. The summed E-state index contributed by atoms with van der Waals surface area (Å²) in [6.45, 7) is 1.86. The van der Waals surface area contributed by atoms with Crippen molar-refractivity contribution in [3.8, 4) is 5.75 Å². The lowest BCUT2D eigenvalue weighted by atomic mass is 9.76. The van der Waals surface area contributed by atoms with Gasteiger partial charge in [-0.25, -0.2) is 19.4 Å². The zero-order chi connectivity index (χ0) is 26.0. The van der Waals surface area contributed by atoms with Crippen molar-refractivity contribution in [3.63, 3.8) is 0 Å². The van der Waals surface area contributed by atoms with Crippen molar-refractivity contribution < 1.29 is 33.4 Å². The maximum atomic E-state index is 13.7. The first-order chi connectivity index (χ1) is 17.2. The van der Waals surface area contributed by atoms with Gasteiger partial charge in [0.2, 0.25) is 5.75 Å². The summed E-state index contributed by atoms with van der Waals surface area (Å²) in [5.74, 6) is -4.00. The van der Waals surface area contributed by atoms with E-state index in [1.165, 1.54) is 28.6 Å². The third kappa shape index (κ3) is 4.25. The summed E-state index contributed by atoms with van der Waals surface area (Å²) < 4.78 is 16.5. The molecule has 0 atom stereocenters. The van der Waals surface area contributed by atoms with E-state index in [1.54, 1.807) is 25.1 Å². The van der Waals surface area contributed by atoms with Crippen molar-refractivity contribution in [2.24, 2.45) is 5.92 Å². The molecule has 5 rings (SSSR count). The lowest BCUT2D eigenvalue weighted by molar-refractivity contribution is -0.162. The number of likely N-dealkylation sites (N-methyl/N-ethyl adjacent to an activating group) is 1. The molecule has 3 heterocycles. The Morgan fingerprint density at radius 3 is 2.39 bits per heavy atom. The van der Waals surface area contributed by atoms with Gasteiger partial charge in [0.15, 0.2) is 5.69 Å². The van der Waals surface area contributed by atoms with Crippen LogP contribution >= 0.6 is 0 Å². The maximum absolute atomic E-state index is 13.7. The molecular weight excluding hydrogens is 470 g/mol. The second-order valence-electron chi connectivity index (χ2n) is 8.84. The molecule has 2 aromatic rings. The van der Waals surface area contributed by atoms with Gasteiger partial charge < -0.3 is 19.1 Å². The van der Waals surface area contributed by atoms with E-state index in [0.29, 0.717) is 25.7 Å². The van der Waals surface area contributed by atoms with Gasteiger partial charge in [-0.3, -0.25) is 14.2 Å². The van der Waals surface area contributed by atoms with Crippen molar-refractivity contribution in [1.29, 1.82) is 0 Å². The number of rotatable bonds is 5. The van der Waals surface area contributed by atoms with E-state index in [0.717, 1.165) is 7.11 Å². The Bertz CT molecular complexity index is 1260. The van der Waals surface area contributed by atoms with E-state index in [-0.39, 0.29) is 30.5 Å².